The Hall–Kier alpha value is -2.88. The first-order chi connectivity index (χ1) is 10.2. The quantitative estimate of drug-likeness (QED) is 0.691. The number of hydrogen-bond acceptors (Lipinski definition) is 4. The molecule has 1 aromatic heterocycles. The topological polar surface area (TPSA) is 56.5 Å². The number of aldehydes is 1. The van der Waals surface area contributed by atoms with Gasteiger partial charge in [0.15, 0.2) is 5.43 Å². The summed E-state index contributed by atoms with van der Waals surface area (Å²) in [6, 6.07) is 13.4. The van der Waals surface area contributed by atoms with Crippen molar-refractivity contribution in [3.8, 4) is 17.1 Å². The zero-order chi connectivity index (χ0) is 14.8. The first-order valence-corrected chi connectivity index (χ1v) is 6.39. The van der Waals surface area contributed by atoms with Crippen LogP contribution in [0.3, 0.4) is 0 Å². The minimum Gasteiger partial charge on any atom is -0.497 e. The second-order valence-electron chi connectivity index (χ2n) is 4.58. The van der Waals surface area contributed by atoms with E-state index in [9.17, 15) is 9.59 Å². The lowest BCUT2D eigenvalue weighted by molar-refractivity contribution is 0.112. The Morgan fingerprint density at radius 2 is 1.81 bits per heavy atom. The summed E-state index contributed by atoms with van der Waals surface area (Å²) in [5, 5.41) is 0.504. The molecule has 21 heavy (non-hydrogen) atoms. The molecule has 0 spiro atoms. The predicted octanol–water partition coefficient (Wildman–Crippen LogP) is 3.28. The van der Waals surface area contributed by atoms with E-state index in [-0.39, 0.29) is 5.43 Å². The first-order valence-electron chi connectivity index (χ1n) is 6.39. The molecule has 4 heteroatoms. The predicted molar refractivity (Wildman–Crippen MR) is 79.9 cm³/mol. The number of hydrogen-bond donors (Lipinski definition) is 0. The Morgan fingerprint density at radius 1 is 1.05 bits per heavy atom. The van der Waals surface area contributed by atoms with Gasteiger partial charge < -0.3 is 9.15 Å². The summed E-state index contributed by atoms with van der Waals surface area (Å²) in [6.07, 6.45) is 0.769. The van der Waals surface area contributed by atoms with E-state index in [1.165, 1.54) is 6.07 Å². The van der Waals surface area contributed by atoms with Crippen LogP contribution in [0.25, 0.3) is 22.3 Å². The molecule has 1 heterocycles. The average Bonchev–Trinajstić information content (AvgIpc) is 2.54. The van der Waals surface area contributed by atoms with Crippen LogP contribution in [0.1, 0.15) is 10.4 Å². The second-order valence-corrected chi connectivity index (χ2v) is 4.58. The van der Waals surface area contributed by atoms with Gasteiger partial charge in [-0.2, -0.15) is 0 Å². The van der Waals surface area contributed by atoms with Gasteiger partial charge in [0, 0.05) is 23.3 Å². The van der Waals surface area contributed by atoms with Gasteiger partial charge in [0.05, 0.1) is 12.5 Å². The van der Waals surface area contributed by atoms with Crippen molar-refractivity contribution in [3.63, 3.8) is 0 Å². The summed E-state index contributed by atoms with van der Waals surface area (Å²) in [5.41, 5.74) is 1.66. The molecule has 2 aromatic carbocycles. The number of ether oxygens (including phenoxy) is 1. The van der Waals surface area contributed by atoms with E-state index in [4.69, 9.17) is 9.15 Å². The van der Waals surface area contributed by atoms with Gasteiger partial charge in [-0.3, -0.25) is 9.59 Å². The van der Waals surface area contributed by atoms with Gasteiger partial charge in [0.2, 0.25) is 0 Å². The lowest BCUT2D eigenvalue weighted by Gasteiger charge is -2.05. The zero-order valence-electron chi connectivity index (χ0n) is 11.3. The van der Waals surface area contributed by atoms with Crippen molar-refractivity contribution in [2.75, 3.05) is 7.11 Å². The van der Waals surface area contributed by atoms with Crippen LogP contribution in [0.15, 0.2) is 57.7 Å². The van der Waals surface area contributed by atoms with Crippen molar-refractivity contribution in [2.24, 2.45) is 0 Å². The summed E-state index contributed by atoms with van der Waals surface area (Å²) in [6.45, 7) is 0. The summed E-state index contributed by atoms with van der Waals surface area (Å²) < 4.78 is 10.9. The van der Waals surface area contributed by atoms with Crippen molar-refractivity contribution in [1.29, 1.82) is 0 Å². The van der Waals surface area contributed by atoms with Crippen LogP contribution in [0.5, 0.6) is 5.75 Å². The monoisotopic (exact) mass is 280 g/mol. The van der Waals surface area contributed by atoms with E-state index >= 15 is 0 Å². The summed E-state index contributed by atoms with van der Waals surface area (Å²) in [4.78, 5) is 22.8. The second kappa shape index (κ2) is 5.25. The highest BCUT2D eigenvalue weighted by Crippen LogP contribution is 2.24. The van der Waals surface area contributed by atoms with Crippen LogP contribution in [-0.4, -0.2) is 13.4 Å². The van der Waals surface area contributed by atoms with Gasteiger partial charge in [-0.25, -0.2) is 0 Å². The Morgan fingerprint density at radius 3 is 2.48 bits per heavy atom. The maximum Gasteiger partial charge on any atom is 0.193 e. The molecule has 0 aliphatic carbocycles. The van der Waals surface area contributed by atoms with Crippen LogP contribution in [0.2, 0.25) is 0 Å². The molecule has 0 radical (unpaired) electrons. The van der Waals surface area contributed by atoms with Gasteiger partial charge in [-0.05, 0) is 12.1 Å². The number of carbonyl (C=O) groups is 1. The van der Waals surface area contributed by atoms with E-state index in [0.29, 0.717) is 28.0 Å². The van der Waals surface area contributed by atoms with Crippen molar-refractivity contribution in [3.05, 3.63) is 64.3 Å². The minimum atomic E-state index is -0.117. The largest absolute Gasteiger partial charge is 0.497 e. The highest BCUT2D eigenvalue weighted by molar-refractivity contribution is 5.81. The number of benzene rings is 2. The minimum absolute atomic E-state index is 0.117. The van der Waals surface area contributed by atoms with E-state index in [0.717, 1.165) is 11.8 Å². The van der Waals surface area contributed by atoms with E-state index in [1.54, 1.807) is 49.6 Å². The molecule has 3 aromatic rings. The third-order valence-corrected chi connectivity index (χ3v) is 3.27. The lowest BCUT2D eigenvalue weighted by Crippen LogP contribution is -2.00. The van der Waals surface area contributed by atoms with Crippen molar-refractivity contribution < 1.29 is 13.9 Å². The third kappa shape index (κ3) is 2.43. The molecule has 0 aliphatic rings. The van der Waals surface area contributed by atoms with Gasteiger partial charge in [-0.1, -0.05) is 24.3 Å². The fourth-order valence-corrected chi connectivity index (χ4v) is 2.13. The maximum absolute atomic E-state index is 12.1. The lowest BCUT2D eigenvalue weighted by atomic mass is 10.1. The van der Waals surface area contributed by atoms with Crippen molar-refractivity contribution >= 4 is 17.3 Å². The van der Waals surface area contributed by atoms with Crippen LogP contribution in [0, 0.1) is 0 Å². The molecule has 0 fully saturated rings. The van der Waals surface area contributed by atoms with Gasteiger partial charge >= 0.3 is 0 Å². The van der Waals surface area contributed by atoms with E-state index in [1.807, 2.05) is 0 Å². The normalized spacial score (nSPS) is 10.5. The van der Waals surface area contributed by atoms with Gasteiger partial charge in [-0.15, -0.1) is 0 Å². The molecule has 0 bridgehead atoms. The number of methoxy groups -OCH3 is 1. The molecule has 0 aliphatic heterocycles. The summed E-state index contributed by atoms with van der Waals surface area (Å²) in [7, 11) is 1.56. The molecule has 0 saturated carbocycles. The number of carbonyl (C=O) groups excluding carboxylic acids is 1. The summed E-state index contributed by atoms with van der Waals surface area (Å²) in [5.74, 6) is 1.08. The number of fused-ring (bicyclic) bond motifs is 1. The maximum atomic E-state index is 12.1. The Kier molecular flexibility index (Phi) is 3.28. The standard InChI is InChI=1S/C17H12O4/c1-20-13-6-7-14-15(19)9-16(21-17(14)8-13)12-4-2-11(10-18)3-5-12/h2-10H,1H3. The highest BCUT2D eigenvalue weighted by atomic mass is 16.5. The van der Waals surface area contributed by atoms with E-state index in [2.05, 4.69) is 0 Å². The van der Waals surface area contributed by atoms with Crippen molar-refractivity contribution in [1.82, 2.24) is 0 Å². The number of rotatable bonds is 3. The molecule has 0 amide bonds. The molecule has 3 rings (SSSR count). The van der Waals surface area contributed by atoms with Gasteiger partial charge in [0.1, 0.15) is 23.4 Å². The molecular formula is C17H12O4. The van der Waals surface area contributed by atoms with Crippen molar-refractivity contribution in [2.45, 2.75) is 0 Å². The molecule has 0 saturated heterocycles. The van der Waals surface area contributed by atoms with Crippen LogP contribution < -0.4 is 10.2 Å². The van der Waals surface area contributed by atoms with E-state index < -0.39 is 0 Å². The van der Waals surface area contributed by atoms with Crippen LogP contribution >= 0.6 is 0 Å². The third-order valence-electron chi connectivity index (χ3n) is 3.27. The summed E-state index contributed by atoms with van der Waals surface area (Å²) >= 11 is 0. The molecular weight excluding hydrogens is 268 g/mol. The molecule has 104 valence electrons. The average molecular weight is 280 g/mol. The Balaban J connectivity index is 2.18. The SMILES string of the molecule is COc1ccc2c(=O)cc(-c3ccc(C=O)cc3)oc2c1. The Bertz CT molecular complexity index is 860. The molecule has 0 unspecified atom stereocenters. The molecule has 0 N–H and O–H groups in total. The van der Waals surface area contributed by atoms with Crippen LogP contribution in [0.4, 0.5) is 0 Å². The smallest absolute Gasteiger partial charge is 0.193 e. The first kappa shape index (κ1) is 13.1. The zero-order valence-corrected chi connectivity index (χ0v) is 11.3. The molecule has 0 atom stereocenters. The van der Waals surface area contributed by atoms with Crippen LogP contribution in [-0.2, 0) is 0 Å². The highest BCUT2D eigenvalue weighted by Gasteiger charge is 2.08. The Labute approximate surface area is 120 Å². The van der Waals surface area contributed by atoms with Gasteiger partial charge in [0.25, 0.3) is 0 Å². The fraction of sp³-hybridized carbons (Fsp3) is 0.0588. The fourth-order valence-electron chi connectivity index (χ4n) is 2.13. The molecule has 4 nitrogen and oxygen atoms in total.